The van der Waals surface area contributed by atoms with E-state index in [-0.39, 0.29) is 24.7 Å². The zero-order valence-corrected chi connectivity index (χ0v) is 15.5. The van der Waals surface area contributed by atoms with Gasteiger partial charge in [0.25, 0.3) is 5.91 Å². The van der Waals surface area contributed by atoms with Gasteiger partial charge in [0.1, 0.15) is 5.75 Å². The lowest BCUT2D eigenvalue weighted by molar-refractivity contribution is -0.121. The van der Waals surface area contributed by atoms with Crippen molar-refractivity contribution in [2.75, 3.05) is 13.6 Å². The number of rotatable bonds is 7. The third-order valence-electron chi connectivity index (χ3n) is 3.46. The highest BCUT2D eigenvalue weighted by Gasteiger charge is 2.16. The first-order valence-electron chi connectivity index (χ1n) is 7.67. The highest BCUT2D eigenvalue weighted by atomic mass is 79.9. The van der Waals surface area contributed by atoms with Gasteiger partial charge in [-0.05, 0) is 30.3 Å². The fourth-order valence-corrected chi connectivity index (χ4v) is 2.64. The van der Waals surface area contributed by atoms with Crippen molar-refractivity contribution in [3.8, 4) is 5.75 Å². The van der Waals surface area contributed by atoms with E-state index in [0.29, 0.717) is 15.6 Å². The second-order valence-corrected chi connectivity index (χ2v) is 6.35. The Morgan fingerprint density at radius 3 is 2.54 bits per heavy atom. The molecule has 0 bridgehead atoms. The third kappa shape index (κ3) is 5.80. The molecular formula is C18H17BrF2N2O3. The Labute approximate surface area is 158 Å². The Kier molecular flexibility index (Phi) is 7.08. The van der Waals surface area contributed by atoms with E-state index in [2.05, 4.69) is 26.0 Å². The molecule has 2 aromatic carbocycles. The summed E-state index contributed by atoms with van der Waals surface area (Å²) in [4.78, 5) is 25.6. The van der Waals surface area contributed by atoms with Crippen LogP contribution in [-0.4, -0.2) is 36.9 Å². The molecule has 0 aromatic heterocycles. The molecule has 2 rings (SSSR count). The molecule has 0 spiro atoms. The predicted octanol–water partition coefficient (Wildman–Crippen LogP) is 3.44. The Morgan fingerprint density at radius 1 is 1.19 bits per heavy atom. The summed E-state index contributed by atoms with van der Waals surface area (Å²) in [6.45, 7) is -3.12. The molecule has 26 heavy (non-hydrogen) atoms. The van der Waals surface area contributed by atoms with E-state index in [0.717, 1.165) is 0 Å². The SMILES string of the molecule is CN(CC(=O)NCc1cc(Br)ccc1OC(F)F)C(=O)c1ccccc1. The number of halogens is 3. The van der Waals surface area contributed by atoms with Crippen LogP contribution in [0.25, 0.3) is 0 Å². The minimum absolute atomic E-state index is 0.00626. The van der Waals surface area contributed by atoms with Gasteiger partial charge in [0.2, 0.25) is 5.91 Å². The van der Waals surface area contributed by atoms with Crippen molar-refractivity contribution in [1.82, 2.24) is 10.2 Å². The summed E-state index contributed by atoms with van der Waals surface area (Å²) in [6.07, 6.45) is 0. The van der Waals surface area contributed by atoms with Gasteiger partial charge in [-0.15, -0.1) is 0 Å². The first-order valence-corrected chi connectivity index (χ1v) is 8.46. The lowest BCUT2D eigenvalue weighted by Crippen LogP contribution is -2.38. The highest BCUT2D eigenvalue weighted by Crippen LogP contribution is 2.24. The zero-order valence-electron chi connectivity index (χ0n) is 13.9. The maximum atomic E-state index is 12.5. The highest BCUT2D eigenvalue weighted by molar-refractivity contribution is 9.10. The van der Waals surface area contributed by atoms with Crippen molar-refractivity contribution in [3.05, 3.63) is 64.1 Å². The number of nitrogens with one attached hydrogen (secondary N) is 1. The summed E-state index contributed by atoms with van der Waals surface area (Å²) in [5, 5.41) is 2.60. The average molecular weight is 427 g/mol. The maximum Gasteiger partial charge on any atom is 0.387 e. The molecule has 0 aliphatic heterocycles. The number of alkyl halides is 2. The zero-order chi connectivity index (χ0) is 19.1. The lowest BCUT2D eigenvalue weighted by atomic mass is 10.2. The number of hydrogen-bond acceptors (Lipinski definition) is 3. The van der Waals surface area contributed by atoms with E-state index in [9.17, 15) is 18.4 Å². The minimum Gasteiger partial charge on any atom is -0.434 e. The van der Waals surface area contributed by atoms with Crippen molar-refractivity contribution < 1.29 is 23.1 Å². The summed E-state index contributed by atoms with van der Waals surface area (Å²) in [6, 6.07) is 13.1. The van der Waals surface area contributed by atoms with Crippen LogP contribution in [0.3, 0.4) is 0 Å². The van der Waals surface area contributed by atoms with Crippen molar-refractivity contribution in [2.24, 2.45) is 0 Å². The number of carbonyl (C=O) groups is 2. The summed E-state index contributed by atoms with van der Waals surface area (Å²) in [5.41, 5.74) is 0.868. The van der Waals surface area contributed by atoms with Gasteiger partial charge >= 0.3 is 6.61 Å². The third-order valence-corrected chi connectivity index (χ3v) is 3.96. The topological polar surface area (TPSA) is 58.6 Å². The quantitative estimate of drug-likeness (QED) is 0.737. The summed E-state index contributed by atoms with van der Waals surface area (Å²) in [5.74, 6) is -0.720. The number of hydrogen-bond donors (Lipinski definition) is 1. The second kappa shape index (κ2) is 9.28. The smallest absolute Gasteiger partial charge is 0.387 e. The summed E-state index contributed by atoms with van der Waals surface area (Å²) in [7, 11) is 1.51. The van der Waals surface area contributed by atoms with E-state index in [1.54, 1.807) is 42.5 Å². The number of likely N-dealkylation sites (N-methyl/N-ethyl adjacent to an activating group) is 1. The van der Waals surface area contributed by atoms with E-state index in [4.69, 9.17) is 0 Å². The van der Waals surface area contributed by atoms with Gasteiger partial charge < -0.3 is 15.0 Å². The van der Waals surface area contributed by atoms with E-state index in [1.165, 1.54) is 18.0 Å². The Hall–Kier alpha value is -2.48. The first-order chi connectivity index (χ1) is 12.4. The Morgan fingerprint density at radius 2 is 1.88 bits per heavy atom. The number of carbonyl (C=O) groups excluding carboxylic acids is 2. The van der Waals surface area contributed by atoms with E-state index < -0.39 is 12.5 Å². The van der Waals surface area contributed by atoms with Gasteiger partial charge in [-0.25, -0.2) is 0 Å². The molecule has 2 aromatic rings. The molecule has 1 N–H and O–H groups in total. The fourth-order valence-electron chi connectivity index (χ4n) is 2.24. The molecule has 5 nitrogen and oxygen atoms in total. The average Bonchev–Trinajstić information content (AvgIpc) is 2.61. The molecule has 0 saturated heterocycles. The second-order valence-electron chi connectivity index (χ2n) is 5.43. The Balaban J connectivity index is 1.94. The van der Waals surface area contributed by atoms with Gasteiger partial charge in [0.15, 0.2) is 0 Å². The molecule has 0 fully saturated rings. The van der Waals surface area contributed by atoms with E-state index in [1.807, 2.05) is 0 Å². The van der Waals surface area contributed by atoms with Crippen LogP contribution < -0.4 is 10.1 Å². The van der Waals surface area contributed by atoms with Gasteiger partial charge in [-0.3, -0.25) is 9.59 Å². The fraction of sp³-hybridized carbons (Fsp3) is 0.222. The minimum atomic E-state index is -2.96. The first kappa shape index (κ1) is 19.8. The van der Waals surface area contributed by atoms with Crippen LogP contribution in [0.2, 0.25) is 0 Å². The van der Waals surface area contributed by atoms with Crippen LogP contribution >= 0.6 is 15.9 Å². The van der Waals surface area contributed by atoms with Crippen LogP contribution in [0, 0.1) is 0 Å². The largest absolute Gasteiger partial charge is 0.434 e. The molecular weight excluding hydrogens is 410 g/mol. The van der Waals surface area contributed by atoms with Crippen molar-refractivity contribution in [1.29, 1.82) is 0 Å². The molecule has 0 atom stereocenters. The molecule has 0 radical (unpaired) electrons. The van der Waals surface area contributed by atoms with Gasteiger partial charge in [-0.1, -0.05) is 34.1 Å². The Bertz CT molecular complexity index is 772. The molecule has 8 heteroatoms. The summed E-state index contributed by atoms with van der Waals surface area (Å²) < 4.78 is 30.0. The molecule has 0 unspecified atom stereocenters. The number of nitrogens with zero attached hydrogens (tertiary/aromatic N) is 1. The van der Waals surface area contributed by atoms with Gasteiger partial charge in [0, 0.05) is 29.2 Å². The molecule has 138 valence electrons. The number of amides is 2. The molecule has 0 heterocycles. The molecule has 2 amide bonds. The maximum absolute atomic E-state index is 12.5. The van der Waals surface area contributed by atoms with Crippen molar-refractivity contribution >= 4 is 27.7 Å². The summed E-state index contributed by atoms with van der Waals surface area (Å²) >= 11 is 3.25. The monoisotopic (exact) mass is 426 g/mol. The number of ether oxygens (including phenoxy) is 1. The van der Waals surface area contributed by atoms with Crippen molar-refractivity contribution in [3.63, 3.8) is 0 Å². The van der Waals surface area contributed by atoms with Crippen LogP contribution in [0.15, 0.2) is 53.0 Å². The van der Waals surface area contributed by atoms with Gasteiger partial charge in [-0.2, -0.15) is 8.78 Å². The normalized spacial score (nSPS) is 10.5. The van der Waals surface area contributed by atoms with E-state index >= 15 is 0 Å². The molecule has 0 saturated carbocycles. The van der Waals surface area contributed by atoms with Crippen LogP contribution in [0.4, 0.5) is 8.78 Å². The lowest BCUT2D eigenvalue weighted by Gasteiger charge is -2.17. The molecule has 0 aliphatic rings. The van der Waals surface area contributed by atoms with Crippen LogP contribution in [-0.2, 0) is 11.3 Å². The van der Waals surface area contributed by atoms with Crippen LogP contribution in [0.1, 0.15) is 15.9 Å². The standard InChI is InChI=1S/C18H17BrF2N2O3/c1-23(17(25)12-5-3-2-4-6-12)11-16(24)22-10-13-9-14(19)7-8-15(13)26-18(20)21/h2-9,18H,10-11H2,1H3,(H,22,24). The van der Waals surface area contributed by atoms with Crippen LogP contribution in [0.5, 0.6) is 5.75 Å². The van der Waals surface area contributed by atoms with Gasteiger partial charge in [0.05, 0.1) is 6.54 Å². The van der Waals surface area contributed by atoms with Crippen molar-refractivity contribution in [2.45, 2.75) is 13.2 Å². The molecule has 0 aliphatic carbocycles. The predicted molar refractivity (Wildman–Crippen MR) is 96.0 cm³/mol. The number of benzene rings is 2.